The Balaban J connectivity index is 1.64. The van der Waals surface area contributed by atoms with Crippen LogP contribution in [0.15, 0.2) is 48.0 Å². The van der Waals surface area contributed by atoms with Gasteiger partial charge < -0.3 is 15.2 Å². The number of benzene rings is 2. The molecule has 2 aromatic carbocycles. The molecule has 3 aromatic rings. The molecule has 2 N–H and O–H groups in total. The van der Waals surface area contributed by atoms with Crippen LogP contribution in [0, 0.1) is 42.2 Å². The lowest BCUT2D eigenvalue weighted by Crippen LogP contribution is -2.22. The normalized spacial score (nSPS) is 14.1. The maximum Gasteiger partial charge on any atom is 0.294 e. The van der Waals surface area contributed by atoms with E-state index in [0.29, 0.717) is 33.2 Å². The van der Waals surface area contributed by atoms with Gasteiger partial charge in [0, 0.05) is 34.2 Å². The summed E-state index contributed by atoms with van der Waals surface area (Å²) in [6, 6.07) is 14.4. The Hall–Kier alpha value is -4.09. The Bertz CT molecular complexity index is 1460. The minimum absolute atomic E-state index is 0.0200. The molecule has 196 valence electrons. The number of halogens is 1. The second-order valence-corrected chi connectivity index (χ2v) is 10.0. The average molecular weight is 532 g/mol. The highest BCUT2D eigenvalue weighted by atomic mass is 35.5. The van der Waals surface area contributed by atoms with Crippen LogP contribution in [0.5, 0.6) is 0 Å². The zero-order valence-electron chi connectivity index (χ0n) is 21.7. The molecule has 4 rings (SSSR count). The van der Waals surface area contributed by atoms with Crippen molar-refractivity contribution in [3.63, 3.8) is 0 Å². The minimum Gasteiger partial charge on any atom is -0.377 e. The largest absolute Gasteiger partial charge is 0.377 e. The third-order valence-corrected chi connectivity index (χ3v) is 7.46. The number of nitro benzene ring substituents is 1. The topological polar surface area (TPSA) is 113 Å². The number of carbonyl (C=O) groups excluding carboxylic acids is 1. The molecule has 0 unspecified atom stereocenters. The van der Waals surface area contributed by atoms with Crippen LogP contribution in [0.25, 0.3) is 11.8 Å². The van der Waals surface area contributed by atoms with Crippen LogP contribution >= 0.6 is 11.6 Å². The zero-order chi connectivity index (χ0) is 27.4. The maximum absolute atomic E-state index is 12.9. The van der Waals surface area contributed by atoms with Gasteiger partial charge in [-0.2, -0.15) is 5.26 Å². The van der Waals surface area contributed by atoms with Crippen molar-refractivity contribution in [2.75, 3.05) is 10.6 Å². The van der Waals surface area contributed by atoms with E-state index in [0.717, 1.165) is 37.1 Å². The number of anilines is 2. The predicted molar refractivity (Wildman–Crippen MR) is 151 cm³/mol. The highest BCUT2D eigenvalue weighted by Gasteiger charge is 2.22. The first kappa shape index (κ1) is 27.0. The number of nitrogens with one attached hydrogen (secondary N) is 2. The molecule has 1 saturated carbocycles. The SMILES string of the molecule is Cc1c(Cl)cccc1NC(=O)/C(C#N)=C\c1cc(C)n(-c2ccc(NC3CCCCC3)c([N+](=O)[O-])c2)c1C. The lowest BCUT2D eigenvalue weighted by molar-refractivity contribution is -0.384. The van der Waals surface area contributed by atoms with Gasteiger partial charge in [0.2, 0.25) is 0 Å². The Labute approximate surface area is 227 Å². The van der Waals surface area contributed by atoms with Gasteiger partial charge in [-0.3, -0.25) is 14.9 Å². The molecule has 38 heavy (non-hydrogen) atoms. The third-order valence-electron chi connectivity index (χ3n) is 7.05. The van der Waals surface area contributed by atoms with Gasteiger partial charge in [0.05, 0.1) is 10.6 Å². The Morgan fingerprint density at radius 3 is 2.55 bits per heavy atom. The molecule has 1 aromatic heterocycles. The molecule has 1 fully saturated rings. The number of hydrogen-bond donors (Lipinski definition) is 2. The molecule has 0 aliphatic heterocycles. The van der Waals surface area contributed by atoms with Crippen molar-refractivity contribution >= 4 is 40.6 Å². The number of hydrogen-bond acceptors (Lipinski definition) is 5. The number of amides is 1. The van der Waals surface area contributed by atoms with E-state index in [-0.39, 0.29) is 22.2 Å². The van der Waals surface area contributed by atoms with E-state index in [1.165, 1.54) is 12.5 Å². The van der Waals surface area contributed by atoms with Crippen LogP contribution in [0.1, 0.15) is 54.6 Å². The molecule has 0 atom stereocenters. The van der Waals surface area contributed by atoms with Crippen molar-refractivity contribution in [3.8, 4) is 11.8 Å². The number of nitriles is 1. The van der Waals surface area contributed by atoms with E-state index in [9.17, 15) is 20.2 Å². The van der Waals surface area contributed by atoms with Crippen LogP contribution in [0.3, 0.4) is 0 Å². The summed E-state index contributed by atoms with van der Waals surface area (Å²) < 4.78 is 1.89. The zero-order valence-corrected chi connectivity index (χ0v) is 22.4. The Morgan fingerprint density at radius 1 is 1.13 bits per heavy atom. The average Bonchev–Trinajstić information content (AvgIpc) is 3.18. The molecule has 8 nitrogen and oxygen atoms in total. The van der Waals surface area contributed by atoms with E-state index in [1.54, 1.807) is 37.3 Å². The van der Waals surface area contributed by atoms with Gasteiger partial charge in [-0.25, -0.2) is 0 Å². The first-order valence-electron chi connectivity index (χ1n) is 12.6. The molecule has 1 aliphatic rings. The lowest BCUT2D eigenvalue weighted by atomic mass is 9.95. The number of nitrogens with zero attached hydrogens (tertiary/aromatic N) is 3. The molecular weight excluding hydrogens is 502 g/mol. The summed E-state index contributed by atoms with van der Waals surface area (Å²) >= 11 is 6.15. The van der Waals surface area contributed by atoms with Gasteiger partial charge in [0.1, 0.15) is 17.3 Å². The van der Waals surface area contributed by atoms with Crippen molar-refractivity contribution < 1.29 is 9.72 Å². The van der Waals surface area contributed by atoms with E-state index in [4.69, 9.17) is 11.6 Å². The fourth-order valence-corrected chi connectivity index (χ4v) is 5.14. The standard InChI is InChI=1S/C29H30ClN5O3/c1-18-14-21(15-22(17-31)29(36)33-26-11-7-10-25(30)19(26)2)20(3)34(18)24-12-13-27(28(16-24)35(37)38)32-23-8-5-4-6-9-23/h7,10-16,23,32H,4-6,8-9H2,1-3H3,(H,33,36)/b22-15-. The monoisotopic (exact) mass is 531 g/mol. The number of nitro groups is 1. The summed E-state index contributed by atoms with van der Waals surface area (Å²) in [4.78, 5) is 24.4. The smallest absolute Gasteiger partial charge is 0.294 e. The summed E-state index contributed by atoms with van der Waals surface area (Å²) in [6.45, 7) is 5.52. The Morgan fingerprint density at radius 2 is 1.87 bits per heavy atom. The van der Waals surface area contributed by atoms with Crippen molar-refractivity contribution in [2.24, 2.45) is 0 Å². The fourth-order valence-electron chi connectivity index (χ4n) is 4.97. The van der Waals surface area contributed by atoms with Gasteiger partial charge in [-0.15, -0.1) is 0 Å². The van der Waals surface area contributed by atoms with Crippen LogP contribution in [0.4, 0.5) is 17.1 Å². The summed E-state index contributed by atoms with van der Waals surface area (Å²) in [7, 11) is 0. The van der Waals surface area contributed by atoms with Crippen molar-refractivity contribution in [1.29, 1.82) is 5.26 Å². The molecule has 1 aliphatic carbocycles. The number of rotatable bonds is 7. The van der Waals surface area contributed by atoms with E-state index < -0.39 is 5.91 Å². The van der Waals surface area contributed by atoms with Crippen molar-refractivity contribution in [1.82, 2.24) is 4.57 Å². The molecule has 0 saturated heterocycles. The maximum atomic E-state index is 12.9. The Kier molecular flexibility index (Phi) is 8.18. The third kappa shape index (κ3) is 5.74. The second kappa shape index (κ2) is 11.5. The quantitative estimate of drug-likeness (QED) is 0.144. The van der Waals surface area contributed by atoms with E-state index in [2.05, 4.69) is 10.6 Å². The van der Waals surface area contributed by atoms with Crippen molar-refractivity contribution in [3.05, 3.63) is 85.7 Å². The second-order valence-electron chi connectivity index (χ2n) is 9.64. The number of aromatic nitrogens is 1. The minimum atomic E-state index is -0.545. The number of aryl methyl sites for hydroxylation is 1. The highest BCUT2D eigenvalue weighted by molar-refractivity contribution is 6.31. The van der Waals surface area contributed by atoms with Gasteiger partial charge in [0.25, 0.3) is 11.6 Å². The molecule has 9 heteroatoms. The molecule has 0 radical (unpaired) electrons. The molecule has 1 heterocycles. The van der Waals surface area contributed by atoms with Crippen LogP contribution in [0.2, 0.25) is 5.02 Å². The van der Waals surface area contributed by atoms with Crippen molar-refractivity contribution in [2.45, 2.75) is 58.9 Å². The van der Waals surface area contributed by atoms with Crippen LogP contribution in [-0.4, -0.2) is 21.4 Å². The van der Waals surface area contributed by atoms with Crippen LogP contribution < -0.4 is 10.6 Å². The van der Waals surface area contributed by atoms with Gasteiger partial charge in [-0.1, -0.05) is 36.9 Å². The first-order valence-corrected chi connectivity index (χ1v) is 13.0. The molecular formula is C29H30ClN5O3. The highest BCUT2D eigenvalue weighted by Crippen LogP contribution is 2.32. The van der Waals surface area contributed by atoms with Gasteiger partial charge in [0.15, 0.2) is 0 Å². The molecule has 0 spiro atoms. The van der Waals surface area contributed by atoms with E-state index >= 15 is 0 Å². The first-order chi connectivity index (χ1) is 18.2. The summed E-state index contributed by atoms with van der Waals surface area (Å²) in [5.41, 5.74) is 4.59. The predicted octanol–water partition coefficient (Wildman–Crippen LogP) is 7.25. The fraction of sp³-hybridized carbons (Fsp3) is 0.310. The van der Waals surface area contributed by atoms with Gasteiger partial charge in [-0.05, 0) is 81.1 Å². The summed E-state index contributed by atoms with van der Waals surface area (Å²) in [6.07, 6.45) is 7.01. The van der Waals surface area contributed by atoms with Gasteiger partial charge >= 0.3 is 0 Å². The number of carbonyl (C=O) groups is 1. The summed E-state index contributed by atoms with van der Waals surface area (Å²) in [5.74, 6) is -0.545. The molecule has 0 bridgehead atoms. The van der Waals surface area contributed by atoms with Crippen LogP contribution in [-0.2, 0) is 4.79 Å². The molecule has 1 amide bonds. The summed E-state index contributed by atoms with van der Waals surface area (Å²) in [5, 5.41) is 28.3. The lowest BCUT2D eigenvalue weighted by Gasteiger charge is -2.24. The van der Waals surface area contributed by atoms with E-state index in [1.807, 2.05) is 36.6 Å².